The third-order valence-corrected chi connectivity index (χ3v) is 5.17. The van der Waals surface area contributed by atoms with Gasteiger partial charge in [-0.05, 0) is 31.2 Å². The number of nitrogens with zero attached hydrogens (tertiary/aromatic N) is 3. The average Bonchev–Trinajstić information content (AvgIpc) is 3.31. The minimum Gasteiger partial charge on any atom is -0.343 e. The van der Waals surface area contributed by atoms with Crippen LogP contribution in [0.4, 0.5) is 4.39 Å². The summed E-state index contributed by atoms with van der Waals surface area (Å²) < 4.78 is 16.0. The van der Waals surface area contributed by atoms with E-state index in [-0.39, 0.29) is 17.4 Å². The smallest absolute Gasteiger partial charge is 0.271 e. The molecule has 4 rings (SSSR count). The highest BCUT2D eigenvalue weighted by Gasteiger charge is 2.15. The van der Waals surface area contributed by atoms with Crippen molar-refractivity contribution in [2.24, 2.45) is 0 Å². The average molecular weight is 380 g/mol. The van der Waals surface area contributed by atoms with Gasteiger partial charge in [0.25, 0.3) is 5.91 Å². The lowest BCUT2D eigenvalue weighted by Gasteiger charge is -2.06. The Morgan fingerprint density at radius 2 is 1.93 bits per heavy atom. The number of aromatic nitrogens is 3. The van der Waals surface area contributed by atoms with Crippen LogP contribution in [0, 0.1) is 5.82 Å². The van der Waals surface area contributed by atoms with Crippen molar-refractivity contribution in [1.82, 2.24) is 19.9 Å². The predicted octanol–water partition coefficient (Wildman–Crippen LogP) is 4.25. The highest BCUT2D eigenvalue weighted by molar-refractivity contribution is 7.13. The minimum atomic E-state index is -0.351. The van der Waals surface area contributed by atoms with Crippen LogP contribution >= 0.6 is 11.3 Å². The second kappa shape index (κ2) is 7.28. The molecule has 5 nitrogen and oxygen atoms in total. The molecule has 2 heterocycles. The molecule has 2 aromatic heterocycles. The summed E-state index contributed by atoms with van der Waals surface area (Å²) in [5, 5.41) is 4.98. The molecule has 0 bridgehead atoms. The number of hydrogen-bond acceptors (Lipinski definition) is 4. The lowest BCUT2D eigenvalue weighted by Crippen LogP contribution is -2.25. The van der Waals surface area contributed by atoms with Gasteiger partial charge >= 0.3 is 0 Å². The molecule has 0 aliphatic carbocycles. The zero-order valence-electron chi connectivity index (χ0n) is 14.6. The van der Waals surface area contributed by atoms with Crippen LogP contribution < -0.4 is 5.32 Å². The number of imidazole rings is 1. The molecular weight excluding hydrogens is 363 g/mol. The third kappa shape index (κ3) is 3.33. The third-order valence-electron chi connectivity index (χ3n) is 4.30. The van der Waals surface area contributed by atoms with E-state index >= 15 is 0 Å². The number of thiazole rings is 1. The van der Waals surface area contributed by atoms with Crippen LogP contribution in [0.3, 0.4) is 0 Å². The maximum Gasteiger partial charge on any atom is 0.271 e. The molecule has 0 atom stereocenters. The van der Waals surface area contributed by atoms with Gasteiger partial charge in [-0.25, -0.2) is 14.4 Å². The quantitative estimate of drug-likeness (QED) is 0.563. The van der Waals surface area contributed by atoms with Crippen LogP contribution in [0.1, 0.15) is 23.2 Å². The standard InChI is InChI=1S/C20H17FN4OS/c1-2-25-17-10-6-5-9-15(17)23-18(25)11-22-19(26)16-12-27-20(24-16)13-7-3-4-8-14(13)21/h3-10,12H,2,11H2,1H3,(H,22,26). The molecule has 0 saturated carbocycles. The number of carbonyl (C=O) groups excluding carboxylic acids is 1. The van der Waals surface area contributed by atoms with E-state index in [0.29, 0.717) is 17.1 Å². The summed E-state index contributed by atoms with van der Waals surface area (Å²) in [5.74, 6) is 0.135. The summed E-state index contributed by atoms with van der Waals surface area (Å²) in [6, 6.07) is 14.3. The van der Waals surface area contributed by atoms with Crippen LogP contribution in [0.2, 0.25) is 0 Å². The van der Waals surface area contributed by atoms with Crippen LogP contribution in [-0.2, 0) is 13.1 Å². The molecule has 136 valence electrons. The van der Waals surface area contributed by atoms with Crippen molar-refractivity contribution in [3.8, 4) is 10.6 Å². The Bertz CT molecular complexity index is 1120. The predicted molar refractivity (Wildman–Crippen MR) is 104 cm³/mol. The summed E-state index contributed by atoms with van der Waals surface area (Å²) in [5.41, 5.74) is 2.62. The van der Waals surface area contributed by atoms with E-state index in [1.165, 1.54) is 17.4 Å². The van der Waals surface area contributed by atoms with Crippen molar-refractivity contribution >= 4 is 28.3 Å². The van der Waals surface area contributed by atoms with Crippen molar-refractivity contribution in [2.75, 3.05) is 0 Å². The highest BCUT2D eigenvalue weighted by atomic mass is 32.1. The lowest BCUT2D eigenvalue weighted by molar-refractivity contribution is 0.0945. The van der Waals surface area contributed by atoms with E-state index in [4.69, 9.17) is 0 Å². The van der Waals surface area contributed by atoms with Gasteiger partial charge in [-0.3, -0.25) is 4.79 Å². The molecule has 0 fully saturated rings. The first kappa shape index (κ1) is 17.4. The molecule has 0 radical (unpaired) electrons. The van der Waals surface area contributed by atoms with Gasteiger partial charge in [0.05, 0.1) is 17.6 Å². The Kier molecular flexibility index (Phi) is 4.68. The van der Waals surface area contributed by atoms with Gasteiger partial charge in [-0.15, -0.1) is 11.3 Å². The number of rotatable bonds is 5. The van der Waals surface area contributed by atoms with Crippen LogP contribution in [0.5, 0.6) is 0 Å². The van der Waals surface area contributed by atoms with Crippen LogP contribution in [-0.4, -0.2) is 20.4 Å². The number of carbonyl (C=O) groups is 1. The molecule has 0 saturated heterocycles. The molecular formula is C20H17FN4OS. The number of fused-ring (bicyclic) bond motifs is 1. The van der Waals surface area contributed by atoms with Gasteiger partial charge < -0.3 is 9.88 Å². The molecule has 2 aromatic carbocycles. The largest absolute Gasteiger partial charge is 0.343 e. The van der Waals surface area contributed by atoms with E-state index in [9.17, 15) is 9.18 Å². The highest BCUT2D eigenvalue weighted by Crippen LogP contribution is 2.26. The Morgan fingerprint density at radius 3 is 2.74 bits per heavy atom. The molecule has 1 amide bonds. The number of nitrogens with one attached hydrogen (secondary N) is 1. The van der Waals surface area contributed by atoms with Crippen molar-refractivity contribution in [2.45, 2.75) is 20.0 Å². The maximum atomic E-state index is 13.9. The number of para-hydroxylation sites is 2. The van der Waals surface area contributed by atoms with Gasteiger partial charge in [-0.1, -0.05) is 24.3 Å². The molecule has 0 unspecified atom stereocenters. The van der Waals surface area contributed by atoms with Gasteiger partial charge in [0.2, 0.25) is 0 Å². The minimum absolute atomic E-state index is 0.275. The number of aryl methyl sites for hydroxylation is 1. The molecule has 0 aliphatic heterocycles. The van der Waals surface area contributed by atoms with Crippen LogP contribution in [0.25, 0.3) is 21.6 Å². The molecule has 0 aliphatic rings. The van der Waals surface area contributed by atoms with E-state index in [1.807, 2.05) is 31.2 Å². The first-order chi connectivity index (χ1) is 13.2. The summed E-state index contributed by atoms with van der Waals surface area (Å²) in [7, 11) is 0. The Labute approximate surface area is 159 Å². The zero-order valence-corrected chi connectivity index (χ0v) is 15.5. The van der Waals surface area contributed by atoms with Crippen molar-refractivity contribution in [3.63, 3.8) is 0 Å². The maximum absolute atomic E-state index is 13.9. The number of halogens is 1. The first-order valence-electron chi connectivity index (χ1n) is 8.60. The fraction of sp³-hybridized carbons (Fsp3) is 0.150. The normalized spacial score (nSPS) is 11.0. The van der Waals surface area contributed by atoms with Crippen LogP contribution in [0.15, 0.2) is 53.9 Å². The molecule has 27 heavy (non-hydrogen) atoms. The Morgan fingerprint density at radius 1 is 1.15 bits per heavy atom. The van der Waals surface area contributed by atoms with Gasteiger partial charge in [0.15, 0.2) is 0 Å². The van der Waals surface area contributed by atoms with Gasteiger partial charge in [-0.2, -0.15) is 0 Å². The summed E-state index contributed by atoms with van der Waals surface area (Å²) in [4.78, 5) is 21.3. The zero-order chi connectivity index (χ0) is 18.8. The summed E-state index contributed by atoms with van der Waals surface area (Å²) in [6.45, 7) is 3.11. The van der Waals surface area contributed by atoms with Crippen molar-refractivity contribution in [1.29, 1.82) is 0 Å². The topological polar surface area (TPSA) is 59.8 Å². The second-order valence-corrected chi connectivity index (χ2v) is 6.82. The lowest BCUT2D eigenvalue weighted by atomic mass is 10.2. The van der Waals surface area contributed by atoms with Crippen molar-refractivity contribution in [3.05, 3.63) is 71.2 Å². The van der Waals surface area contributed by atoms with E-state index in [2.05, 4.69) is 19.9 Å². The fourth-order valence-corrected chi connectivity index (χ4v) is 3.83. The monoisotopic (exact) mass is 380 g/mol. The number of hydrogen-bond donors (Lipinski definition) is 1. The molecule has 0 spiro atoms. The van der Waals surface area contributed by atoms with E-state index in [1.54, 1.807) is 23.6 Å². The molecule has 1 N–H and O–H groups in total. The SMILES string of the molecule is CCn1c(CNC(=O)c2csc(-c3ccccc3F)n2)nc2ccccc21. The first-order valence-corrected chi connectivity index (χ1v) is 9.48. The Hall–Kier alpha value is -3.06. The Balaban J connectivity index is 1.52. The van der Waals surface area contributed by atoms with Crippen molar-refractivity contribution < 1.29 is 9.18 Å². The number of benzene rings is 2. The molecule has 7 heteroatoms. The fourth-order valence-electron chi connectivity index (χ4n) is 3.00. The summed E-state index contributed by atoms with van der Waals surface area (Å²) >= 11 is 1.25. The second-order valence-electron chi connectivity index (χ2n) is 5.96. The molecule has 4 aromatic rings. The van der Waals surface area contributed by atoms with Gasteiger partial charge in [0.1, 0.15) is 22.3 Å². The van der Waals surface area contributed by atoms with E-state index < -0.39 is 0 Å². The summed E-state index contributed by atoms with van der Waals surface area (Å²) in [6.07, 6.45) is 0. The van der Waals surface area contributed by atoms with E-state index in [0.717, 1.165) is 23.4 Å². The van der Waals surface area contributed by atoms with Gasteiger partial charge in [0, 0.05) is 17.5 Å². The number of amides is 1.